The summed E-state index contributed by atoms with van der Waals surface area (Å²) in [6.07, 6.45) is 4.20. The Balaban J connectivity index is 1.54. The normalized spacial score (nSPS) is 14.2. The highest BCUT2D eigenvalue weighted by molar-refractivity contribution is 5.96. The number of nitrogens with one attached hydrogen (secondary N) is 1. The van der Waals surface area contributed by atoms with E-state index in [4.69, 9.17) is 0 Å². The lowest BCUT2D eigenvalue weighted by atomic mass is 10.2. The van der Waals surface area contributed by atoms with Gasteiger partial charge in [0.15, 0.2) is 0 Å². The molecule has 1 aromatic carbocycles. The number of fused-ring (bicyclic) bond motifs is 1. The number of pyridine rings is 2. The summed E-state index contributed by atoms with van der Waals surface area (Å²) < 4.78 is 0. The fourth-order valence-corrected chi connectivity index (χ4v) is 3.19. The summed E-state index contributed by atoms with van der Waals surface area (Å²) in [7, 11) is 0. The van der Waals surface area contributed by atoms with E-state index in [0.29, 0.717) is 37.6 Å². The van der Waals surface area contributed by atoms with E-state index in [1.165, 1.54) is 0 Å². The van der Waals surface area contributed by atoms with Crippen molar-refractivity contribution in [2.24, 2.45) is 0 Å². The van der Waals surface area contributed by atoms with Gasteiger partial charge in [-0.3, -0.25) is 14.6 Å². The number of piperazine rings is 1. The molecule has 1 saturated heterocycles. The van der Waals surface area contributed by atoms with Crippen LogP contribution in [0.3, 0.4) is 0 Å². The molecule has 1 aliphatic rings. The average molecular weight is 361 g/mol. The fraction of sp³-hybridized carbons (Fsp3) is 0.200. The van der Waals surface area contributed by atoms with Crippen LogP contribution in [0, 0.1) is 0 Å². The van der Waals surface area contributed by atoms with Crippen LogP contribution in [0.15, 0.2) is 54.9 Å². The lowest BCUT2D eigenvalue weighted by Gasteiger charge is -2.32. The summed E-state index contributed by atoms with van der Waals surface area (Å²) in [6, 6.07) is 13.2. The molecule has 1 aliphatic heterocycles. The Morgan fingerprint density at radius 2 is 1.81 bits per heavy atom. The van der Waals surface area contributed by atoms with Gasteiger partial charge in [-0.2, -0.15) is 0 Å². The van der Waals surface area contributed by atoms with Crippen LogP contribution in [-0.2, 0) is 4.79 Å². The van der Waals surface area contributed by atoms with Gasteiger partial charge in [-0.15, -0.1) is 0 Å². The summed E-state index contributed by atoms with van der Waals surface area (Å²) >= 11 is 0. The highest BCUT2D eigenvalue weighted by atomic mass is 16.2. The van der Waals surface area contributed by atoms with E-state index in [0.717, 1.165) is 23.0 Å². The van der Waals surface area contributed by atoms with Gasteiger partial charge < -0.3 is 15.1 Å². The zero-order valence-corrected chi connectivity index (χ0v) is 14.7. The Labute approximate surface area is 156 Å². The zero-order valence-electron chi connectivity index (χ0n) is 14.7. The number of carbonyl (C=O) groups is 2. The van der Waals surface area contributed by atoms with Crippen LogP contribution in [0.2, 0.25) is 0 Å². The smallest absolute Gasteiger partial charge is 0.254 e. The molecule has 7 heteroatoms. The number of rotatable bonds is 4. The van der Waals surface area contributed by atoms with Crippen molar-refractivity contribution in [1.29, 1.82) is 0 Å². The van der Waals surface area contributed by atoms with Crippen molar-refractivity contribution < 1.29 is 9.59 Å². The van der Waals surface area contributed by atoms with E-state index in [-0.39, 0.29) is 5.91 Å². The number of carbonyl (C=O) groups excluding carboxylic acids is 2. The number of amides is 2. The van der Waals surface area contributed by atoms with Crippen LogP contribution in [0.25, 0.3) is 10.9 Å². The monoisotopic (exact) mass is 361 g/mol. The van der Waals surface area contributed by atoms with Crippen LogP contribution in [-0.4, -0.2) is 58.3 Å². The Morgan fingerprint density at radius 1 is 1.00 bits per heavy atom. The molecule has 0 radical (unpaired) electrons. The topological polar surface area (TPSA) is 78.4 Å². The van der Waals surface area contributed by atoms with E-state index in [1.807, 2.05) is 30.3 Å². The van der Waals surface area contributed by atoms with Crippen LogP contribution in [0.5, 0.6) is 0 Å². The third-order valence-electron chi connectivity index (χ3n) is 4.65. The average Bonchev–Trinajstić information content (AvgIpc) is 2.74. The molecule has 4 rings (SSSR count). The second-order valence-corrected chi connectivity index (χ2v) is 6.37. The van der Waals surface area contributed by atoms with E-state index in [9.17, 15) is 9.59 Å². The van der Waals surface area contributed by atoms with Crippen molar-refractivity contribution in [1.82, 2.24) is 19.8 Å². The SMILES string of the molecule is O=CN1CCN(C(=O)c2ccnc(Nc3cccc4cccnc34)c2)CC1. The molecule has 2 amide bonds. The summed E-state index contributed by atoms with van der Waals surface area (Å²) in [5, 5.41) is 4.29. The van der Waals surface area contributed by atoms with Gasteiger partial charge in [0, 0.05) is 49.5 Å². The maximum absolute atomic E-state index is 12.8. The van der Waals surface area contributed by atoms with Crippen molar-refractivity contribution in [3.05, 3.63) is 60.4 Å². The first-order valence-corrected chi connectivity index (χ1v) is 8.80. The van der Waals surface area contributed by atoms with Crippen molar-refractivity contribution in [3.63, 3.8) is 0 Å². The van der Waals surface area contributed by atoms with Gasteiger partial charge in [0.25, 0.3) is 5.91 Å². The third kappa shape index (κ3) is 3.57. The van der Waals surface area contributed by atoms with Crippen molar-refractivity contribution in [2.45, 2.75) is 0 Å². The molecule has 7 nitrogen and oxygen atoms in total. The van der Waals surface area contributed by atoms with Gasteiger partial charge in [0.2, 0.25) is 6.41 Å². The maximum Gasteiger partial charge on any atom is 0.254 e. The van der Waals surface area contributed by atoms with E-state index < -0.39 is 0 Å². The number of anilines is 2. The molecule has 0 saturated carbocycles. The first-order valence-electron chi connectivity index (χ1n) is 8.80. The lowest BCUT2D eigenvalue weighted by Crippen LogP contribution is -2.48. The molecular weight excluding hydrogens is 342 g/mol. The van der Waals surface area contributed by atoms with E-state index in [2.05, 4.69) is 15.3 Å². The molecule has 1 N–H and O–H groups in total. The van der Waals surface area contributed by atoms with Crippen molar-refractivity contribution >= 4 is 34.7 Å². The minimum atomic E-state index is -0.0537. The van der Waals surface area contributed by atoms with Gasteiger partial charge >= 0.3 is 0 Å². The predicted octanol–water partition coefficient (Wildman–Crippen LogP) is 2.29. The second kappa shape index (κ2) is 7.41. The van der Waals surface area contributed by atoms with Crippen molar-refractivity contribution in [2.75, 3.05) is 31.5 Å². The Kier molecular flexibility index (Phi) is 4.65. The quantitative estimate of drug-likeness (QED) is 0.722. The molecule has 1 fully saturated rings. The maximum atomic E-state index is 12.8. The van der Waals surface area contributed by atoms with Gasteiger partial charge in [-0.1, -0.05) is 18.2 Å². The van der Waals surface area contributed by atoms with E-state index >= 15 is 0 Å². The van der Waals surface area contributed by atoms with Crippen LogP contribution in [0.1, 0.15) is 10.4 Å². The summed E-state index contributed by atoms with van der Waals surface area (Å²) in [5.41, 5.74) is 2.26. The van der Waals surface area contributed by atoms with E-state index in [1.54, 1.807) is 34.3 Å². The predicted molar refractivity (Wildman–Crippen MR) is 103 cm³/mol. The number of para-hydroxylation sites is 1. The van der Waals surface area contributed by atoms with Crippen LogP contribution < -0.4 is 5.32 Å². The molecule has 0 unspecified atom stereocenters. The highest BCUT2D eigenvalue weighted by Gasteiger charge is 2.21. The molecule has 0 bridgehead atoms. The molecule has 2 aromatic heterocycles. The van der Waals surface area contributed by atoms with Gasteiger partial charge in [0.05, 0.1) is 11.2 Å². The number of benzene rings is 1. The number of aromatic nitrogens is 2. The molecule has 0 aliphatic carbocycles. The summed E-state index contributed by atoms with van der Waals surface area (Å²) in [6.45, 7) is 2.20. The molecule has 0 atom stereocenters. The Bertz CT molecular complexity index is 978. The number of nitrogens with zero attached hydrogens (tertiary/aromatic N) is 4. The van der Waals surface area contributed by atoms with Crippen LogP contribution in [0.4, 0.5) is 11.5 Å². The molecule has 3 heterocycles. The summed E-state index contributed by atoms with van der Waals surface area (Å²) in [5.74, 6) is 0.535. The minimum Gasteiger partial charge on any atom is -0.342 e. The Hall–Kier alpha value is -3.48. The fourth-order valence-electron chi connectivity index (χ4n) is 3.19. The van der Waals surface area contributed by atoms with Gasteiger partial charge in [-0.25, -0.2) is 4.98 Å². The molecule has 136 valence electrons. The first-order chi connectivity index (χ1) is 13.2. The van der Waals surface area contributed by atoms with Gasteiger partial charge in [0.1, 0.15) is 5.82 Å². The standard InChI is InChI=1S/C20H19N5O2/c26-14-24-9-11-25(12-10-24)20(27)16-6-8-21-18(13-16)23-17-5-1-3-15-4-2-7-22-19(15)17/h1-8,13-14H,9-12H2,(H,21,23). The largest absolute Gasteiger partial charge is 0.342 e. The van der Waals surface area contributed by atoms with Crippen molar-refractivity contribution in [3.8, 4) is 0 Å². The van der Waals surface area contributed by atoms with Gasteiger partial charge in [-0.05, 0) is 24.3 Å². The first kappa shape index (κ1) is 17.0. The number of hydrogen-bond donors (Lipinski definition) is 1. The molecule has 3 aromatic rings. The zero-order chi connectivity index (χ0) is 18.6. The Morgan fingerprint density at radius 3 is 2.63 bits per heavy atom. The van der Waals surface area contributed by atoms with Crippen LogP contribution >= 0.6 is 0 Å². The number of hydrogen-bond acceptors (Lipinski definition) is 5. The summed E-state index contributed by atoms with van der Waals surface area (Å²) in [4.78, 5) is 35.8. The lowest BCUT2D eigenvalue weighted by molar-refractivity contribution is -0.119. The molecule has 0 spiro atoms. The third-order valence-corrected chi connectivity index (χ3v) is 4.65. The molecular formula is C20H19N5O2. The second-order valence-electron chi connectivity index (χ2n) is 6.37. The minimum absolute atomic E-state index is 0.0537. The highest BCUT2D eigenvalue weighted by Crippen LogP contribution is 2.24. The molecule has 27 heavy (non-hydrogen) atoms.